The van der Waals surface area contributed by atoms with E-state index in [9.17, 15) is 9.90 Å². The maximum Gasteiger partial charge on any atom is 0.223 e. The minimum atomic E-state index is -0.283. The highest BCUT2D eigenvalue weighted by Crippen LogP contribution is 2.24. The van der Waals surface area contributed by atoms with Gasteiger partial charge < -0.3 is 10.4 Å². The van der Waals surface area contributed by atoms with Crippen molar-refractivity contribution in [1.82, 2.24) is 5.32 Å². The van der Waals surface area contributed by atoms with Gasteiger partial charge in [-0.25, -0.2) is 0 Å². The molecule has 0 bridgehead atoms. The van der Waals surface area contributed by atoms with Crippen molar-refractivity contribution >= 4 is 17.7 Å². The number of hydrogen-bond donors (Lipinski definition) is 2. The molecule has 1 aliphatic carbocycles. The van der Waals surface area contributed by atoms with Gasteiger partial charge in [0.2, 0.25) is 5.91 Å². The van der Waals surface area contributed by atoms with Crippen LogP contribution < -0.4 is 5.32 Å². The first-order chi connectivity index (χ1) is 10.7. The normalized spacial score (nSPS) is 21.5. The van der Waals surface area contributed by atoms with Crippen LogP contribution in [0.3, 0.4) is 0 Å². The van der Waals surface area contributed by atoms with Crippen molar-refractivity contribution in [2.24, 2.45) is 5.92 Å². The topological polar surface area (TPSA) is 49.3 Å². The molecule has 1 amide bonds. The molecule has 1 saturated carbocycles. The Labute approximate surface area is 137 Å². The average molecular weight is 321 g/mol. The first-order valence-electron chi connectivity index (χ1n) is 8.25. The predicted molar refractivity (Wildman–Crippen MR) is 92.9 cm³/mol. The molecule has 1 aromatic carbocycles. The molecule has 0 aromatic heterocycles. The second kappa shape index (κ2) is 9.21. The fourth-order valence-electron chi connectivity index (χ4n) is 2.89. The molecule has 4 heteroatoms. The maximum atomic E-state index is 12.0. The van der Waals surface area contributed by atoms with Crippen LogP contribution in [-0.4, -0.2) is 29.4 Å². The summed E-state index contributed by atoms with van der Waals surface area (Å²) in [5.74, 6) is 2.24. The van der Waals surface area contributed by atoms with Gasteiger partial charge in [0.25, 0.3) is 0 Å². The monoisotopic (exact) mass is 321 g/mol. The molecule has 1 aromatic rings. The highest BCUT2D eigenvalue weighted by Gasteiger charge is 2.25. The maximum absolute atomic E-state index is 12.0. The van der Waals surface area contributed by atoms with Crippen molar-refractivity contribution in [2.75, 3.05) is 12.3 Å². The number of rotatable bonds is 7. The lowest BCUT2D eigenvalue weighted by atomic mass is 9.87. The second-order valence-corrected chi connectivity index (χ2v) is 7.25. The second-order valence-electron chi connectivity index (χ2n) is 6.14. The van der Waals surface area contributed by atoms with E-state index in [1.54, 1.807) is 0 Å². The van der Waals surface area contributed by atoms with Crippen LogP contribution in [0.2, 0.25) is 0 Å². The van der Waals surface area contributed by atoms with E-state index < -0.39 is 0 Å². The van der Waals surface area contributed by atoms with Gasteiger partial charge in [0.05, 0.1) is 6.10 Å². The molecule has 22 heavy (non-hydrogen) atoms. The molecule has 3 nitrogen and oxygen atoms in total. The third kappa shape index (κ3) is 5.65. The Morgan fingerprint density at radius 1 is 1.36 bits per heavy atom. The number of nitrogens with one attached hydrogen (secondary N) is 1. The molecule has 0 heterocycles. The van der Waals surface area contributed by atoms with E-state index >= 15 is 0 Å². The van der Waals surface area contributed by atoms with Crippen molar-refractivity contribution in [3.63, 3.8) is 0 Å². The van der Waals surface area contributed by atoms with Gasteiger partial charge in [-0.15, -0.1) is 0 Å². The molecule has 1 fully saturated rings. The van der Waals surface area contributed by atoms with Crippen molar-refractivity contribution in [1.29, 1.82) is 0 Å². The minimum Gasteiger partial charge on any atom is -0.393 e. The van der Waals surface area contributed by atoms with Crippen LogP contribution in [0.5, 0.6) is 0 Å². The van der Waals surface area contributed by atoms with E-state index in [0.717, 1.165) is 43.7 Å². The number of thioether (sulfide) groups is 1. The molecule has 0 spiro atoms. The lowest BCUT2D eigenvalue weighted by molar-refractivity contribution is -0.127. The summed E-state index contributed by atoms with van der Waals surface area (Å²) in [4.78, 5) is 12.0. The van der Waals surface area contributed by atoms with Crippen LogP contribution >= 0.6 is 11.8 Å². The summed E-state index contributed by atoms with van der Waals surface area (Å²) in [6, 6.07) is 8.48. The first-order valence-corrected chi connectivity index (χ1v) is 9.40. The zero-order valence-corrected chi connectivity index (χ0v) is 14.2. The Hall–Kier alpha value is -1.00. The summed E-state index contributed by atoms with van der Waals surface area (Å²) in [5.41, 5.74) is 2.74. The third-order valence-corrected chi connectivity index (χ3v) is 5.39. The van der Waals surface area contributed by atoms with Crippen molar-refractivity contribution < 1.29 is 9.90 Å². The van der Waals surface area contributed by atoms with E-state index in [1.165, 1.54) is 11.1 Å². The predicted octanol–water partition coefficient (Wildman–Crippen LogP) is 3.29. The van der Waals surface area contributed by atoms with Gasteiger partial charge in [-0.3, -0.25) is 4.79 Å². The smallest absolute Gasteiger partial charge is 0.223 e. The summed E-state index contributed by atoms with van der Waals surface area (Å²) >= 11 is 1.92. The van der Waals surface area contributed by atoms with Gasteiger partial charge in [0.15, 0.2) is 0 Å². The van der Waals surface area contributed by atoms with Gasteiger partial charge in [0, 0.05) is 18.2 Å². The van der Waals surface area contributed by atoms with Crippen LogP contribution in [0.1, 0.15) is 43.2 Å². The number of aryl methyl sites for hydroxylation is 1. The molecule has 0 radical (unpaired) electrons. The zero-order chi connectivity index (χ0) is 15.8. The van der Waals surface area contributed by atoms with Crippen LogP contribution in [0.4, 0.5) is 0 Å². The number of aliphatic hydroxyl groups is 1. The molecule has 2 atom stereocenters. The number of amides is 1. The number of benzene rings is 1. The van der Waals surface area contributed by atoms with Crippen molar-refractivity contribution in [2.45, 2.75) is 50.9 Å². The minimum absolute atomic E-state index is 0.0170. The average Bonchev–Trinajstić information content (AvgIpc) is 2.52. The van der Waals surface area contributed by atoms with Crippen LogP contribution in [0.15, 0.2) is 24.3 Å². The number of aliphatic hydroxyl groups excluding tert-OH is 1. The molecule has 0 saturated heterocycles. The Morgan fingerprint density at radius 2 is 2.18 bits per heavy atom. The fraction of sp³-hybridized carbons (Fsp3) is 0.611. The van der Waals surface area contributed by atoms with Gasteiger partial charge in [0.1, 0.15) is 0 Å². The molecule has 0 aliphatic heterocycles. The Bertz CT molecular complexity index is 478. The molecule has 122 valence electrons. The van der Waals surface area contributed by atoms with E-state index in [2.05, 4.69) is 36.5 Å². The van der Waals surface area contributed by atoms with E-state index in [-0.39, 0.29) is 17.9 Å². The van der Waals surface area contributed by atoms with E-state index in [0.29, 0.717) is 6.42 Å². The zero-order valence-electron chi connectivity index (χ0n) is 13.4. The van der Waals surface area contributed by atoms with Crippen molar-refractivity contribution in [3.05, 3.63) is 35.4 Å². The summed E-state index contributed by atoms with van der Waals surface area (Å²) in [6.07, 6.45) is 4.08. The number of hydrogen-bond acceptors (Lipinski definition) is 3. The number of carbonyl (C=O) groups excluding carboxylic acids is 1. The van der Waals surface area contributed by atoms with Gasteiger partial charge in [-0.05, 0) is 49.5 Å². The molecule has 1 aliphatic rings. The van der Waals surface area contributed by atoms with Gasteiger partial charge in [-0.1, -0.05) is 30.7 Å². The largest absolute Gasteiger partial charge is 0.393 e. The molecular weight excluding hydrogens is 294 g/mol. The SMILES string of the molecule is Cc1ccccc1CSCCCNC(=O)[C@@H]1CCC[C@@H](O)C1. The quantitative estimate of drug-likeness (QED) is 0.758. The number of carbonyl (C=O) groups is 1. The molecule has 0 unspecified atom stereocenters. The van der Waals surface area contributed by atoms with E-state index in [4.69, 9.17) is 0 Å². The van der Waals surface area contributed by atoms with Crippen LogP contribution in [0, 0.1) is 12.8 Å². The standard InChI is InChI=1S/C18H27NO2S/c1-14-6-2-3-7-16(14)13-22-11-5-10-19-18(21)15-8-4-9-17(20)12-15/h2-3,6-7,15,17,20H,4-5,8-13H2,1H3,(H,19,21)/t15-,17-/m1/s1. The van der Waals surface area contributed by atoms with Crippen LogP contribution in [0.25, 0.3) is 0 Å². The van der Waals surface area contributed by atoms with E-state index in [1.807, 2.05) is 11.8 Å². The Kier molecular flexibility index (Phi) is 7.26. The fourth-order valence-corrected chi connectivity index (χ4v) is 3.92. The summed E-state index contributed by atoms with van der Waals surface area (Å²) < 4.78 is 0. The Balaban J connectivity index is 1.55. The van der Waals surface area contributed by atoms with Gasteiger partial charge >= 0.3 is 0 Å². The molecule has 2 rings (SSSR count). The summed E-state index contributed by atoms with van der Waals surface area (Å²) in [7, 11) is 0. The Morgan fingerprint density at radius 3 is 2.95 bits per heavy atom. The van der Waals surface area contributed by atoms with Crippen molar-refractivity contribution in [3.8, 4) is 0 Å². The summed E-state index contributed by atoms with van der Waals surface area (Å²) in [5, 5.41) is 12.6. The lowest BCUT2D eigenvalue weighted by Crippen LogP contribution is -2.35. The summed E-state index contributed by atoms with van der Waals surface area (Å²) in [6.45, 7) is 2.89. The lowest BCUT2D eigenvalue weighted by Gasteiger charge is -2.24. The highest BCUT2D eigenvalue weighted by molar-refractivity contribution is 7.98. The molecule has 2 N–H and O–H groups in total. The van der Waals surface area contributed by atoms with Crippen LogP contribution in [-0.2, 0) is 10.5 Å². The highest BCUT2D eigenvalue weighted by atomic mass is 32.2. The first kappa shape index (κ1) is 17.4. The van der Waals surface area contributed by atoms with Gasteiger partial charge in [-0.2, -0.15) is 11.8 Å². The molecular formula is C18H27NO2S. The third-order valence-electron chi connectivity index (χ3n) is 4.30.